The van der Waals surface area contributed by atoms with Crippen molar-refractivity contribution in [3.63, 3.8) is 0 Å². The summed E-state index contributed by atoms with van der Waals surface area (Å²) < 4.78 is 7.26. The van der Waals surface area contributed by atoms with Crippen molar-refractivity contribution in [3.8, 4) is 17.2 Å². The maximum Gasteiger partial charge on any atom is 0.351 e. The highest BCUT2D eigenvalue weighted by Crippen LogP contribution is 2.15. The maximum atomic E-state index is 12.6. The van der Waals surface area contributed by atoms with Crippen LogP contribution in [-0.4, -0.2) is 30.4 Å². The number of anilines is 1. The van der Waals surface area contributed by atoms with Gasteiger partial charge in [0, 0.05) is 25.6 Å². The van der Waals surface area contributed by atoms with Gasteiger partial charge >= 0.3 is 5.69 Å². The van der Waals surface area contributed by atoms with E-state index in [0.29, 0.717) is 5.69 Å². The highest BCUT2D eigenvalue weighted by Gasteiger charge is 2.19. The van der Waals surface area contributed by atoms with E-state index < -0.39 is 11.2 Å². The van der Waals surface area contributed by atoms with Gasteiger partial charge in [-0.2, -0.15) is 14.8 Å². The first-order chi connectivity index (χ1) is 15.8. The van der Waals surface area contributed by atoms with Gasteiger partial charge in [-0.3, -0.25) is 14.2 Å². The molecular formula is C23H22N6O4. The van der Waals surface area contributed by atoms with E-state index in [1.54, 1.807) is 12.1 Å². The van der Waals surface area contributed by atoms with Gasteiger partial charge in [0.05, 0.1) is 5.69 Å². The Balaban J connectivity index is 1.55. The Kier molecular flexibility index (Phi) is 5.99. The first-order valence-electron chi connectivity index (χ1n) is 10.3. The first kappa shape index (κ1) is 21.9. The average Bonchev–Trinajstić information content (AvgIpc) is 3.27. The number of benzene rings is 2. The fraction of sp³-hybridized carbons (Fsp3) is 0.217. The van der Waals surface area contributed by atoms with Crippen molar-refractivity contribution < 1.29 is 9.32 Å². The molecule has 0 bridgehead atoms. The largest absolute Gasteiger partial charge is 0.351 e. The van der Waals surface area contributed by atoms with Crippen LogP contribution in [0.25, 0.3) is 17.2 Å². The van der Waals surface area contributed by atoms with Gasteiger partial charge in [-0.15, -0.1) is 0 Å². The number of hydrogen-bond acceptors (Lipinski definition) is 7. The van der Waals surface area contributed by atoms with Gasteiger partial charge in [0.1, 0.15) is 0 Å². The standard InChI is InChI=1S/C23H22N6O4/c1-14-8-10-16(11-9-14)29-23(32)28(3)22(31)20(26-29)21-25-19(33-27-21)13-12-18(30)24-17-7-5-4-6-15(17)2/h4-11H,12-13H2,1-3H3,(H,24,30). The van der Waals surface area contributed by atoms with E-state index in [0.717, 1.165) is 26.1 Å². The predicted octanol–water partition coefficient (Wildman–Crippen LogP) is 2.17. The molecule has 0 radical (unpaired) electrons. The Bertz CT molecular complexity index is 1430. The molecular weight excluding hydrogens is 424 g/mol. The smallest absolute Gasteiger partial charge is 0.339 e. The number of aromatic nitrogens is 5. The molecule has 0 spiro atoms. The molecule has 4 rings (SSSR count). The molecule has 0 aliphatic carbocycles. The van der Waals surface area contributed by atoms with Gasteiger partial charge in [-0.1, -0.05) is 41.1 Å². The maximum absolute atomic E-state index is 12.6. The zero-order valence-corrected chi connectivity index (χ0v) is 18.4. The lowest BCUT2D eigenvalue weighted by Gasteiger charge is -2.08. The molecule has 0 unspecified atom stereocenters. The topological polar surface area (TPSA) is 125 Å². The van der Waals surface area contributed by atoms with Gasteiger partial charge in [-0.05, 0) is 37.6 Å². The lowest BCUT2D eigenvalue weighted by molar-refractivity contribution is -0.116. The molecule has 0 saturated carbocycles. The molecule has 0 atom stereocenters. The van der Waals surface area contributed by atoms with Crippen molar-refractivity contribution in [2.24, 2.45) is 7.05 Å². The van der Waals surface area contributed by atoms with Crippen LogP contribution in [0.1, 0.15) is 23.4 Å². The molecule has 33 heavy (non-hydrogen) atoms. The Morgan fingerprint density at radius 1 is 1.06 bits per heavy atom. The van der Waals surface area contributed by atoms with Crippen LogP contribution < -0.4 is 16.6 Å². The van der Waals surface area contributed by atoms with E-state index in [4.69, 9.17) is 4.52 Å². The number of rotatable bonds is 6. The van der Waals surface area contributed by atoms with Crippen LogP contribution in [0.2, 0.25) is 0 Å². The molecule has 2 heterocycles. The number of nitrogens with one attached hydrogen (secondary N) is 1. The summed E-state index contributed by atoms with van der Waals surface area (Å²) in [5.74, 6) is -0.0707. The SMILES string of the molecule is Cc1ccc(-n2nc(-c3noc(CCC(=O)Nc4ccccc4C)n3)c(=O)n(C)c2=O)cc1. The summed E-state index contributed by atoms with van der Waals surface area (Å²) in [5.41, 5.74) is 1.84. The summed E-state index contributed by atoms with van der Waals surface area (Å²) in [5, 5.41) is 10.9. The molecule has 0 fully saturated rings. The molecule has 1 N–H and O–H groups in total. The minimum Gasteiger partial charge on any atom is -0.339 e. The minimum atomic E-state index is -0.645. The van der Waals surface area contributed by atoms with Crippen LogP contribution in [0.5, 0.6) is 0 Å². The molecule has 2 aromatic heterocycles. The van der Waals surface area contributed by atoms with E-state index in [1.807, 2.05) is 50.2 Å². The van der Waals surface area contributed by atoms with Crippen molar-refractivity contribution >= 4 is 11.6 Å². The average molecular weight is 446 g/mol. The van der Waals surface area contributed by atoms with Crippen LogP contribution in [0.15, 0.2) is 62.6 Å². The number of carbonyl (C=O) groups excluding carboxylic acids is 1. The van der Waals surface area contributed by atoms with Crippen molar-refractivity contribution in [1.29, 1.82) is 0 Å². The van der Waals surface area contributed by atoms with E-state index in [1.165, 1.54) is 7.05 Å². The first-order valence-corrected chi connectivity index (χ1v) is 10.3. The number of para-hydroxylation sites is 1. The molecule has 1 amide bonds. The zero-order valence-electron chi connectivity index (χ0n) is 18.4. The Morgan fingerprint density at radius 2 is 1.79 bits per heavy atom. The predicted molar refractivity (Wildman–Crippen MR) is 121 cm³/mol. The number of aryl methyl sites for hydroxylation is 3. The number of hydrogen-bond donors (Lipinski definition) is 1. The van der Waals surface area contributed by atoms with E-state index in [-0.39, 0.29) is 36.2 Å². The van der Waals surface area contributed by atoms with Crippen molar-refractivity contribution in [2.75, 3.05) is 5.32 Å². The highest BCUT2D eigenvalue weighted by molar-refractivity contribution is 5.91. The van der Waals surface area contributed by atoms with Gasteiger partial charge < -0.3 is 9.84 Å². The van der Waals surface area contributed by atoms with Gasteiger partial charge in [0.15, 0.2) is 5.69 Å². The fourth-order valence-corrected chi connectivity index (χ4v) is 3.17. The van der Waals surface area contributed by atoms with Crippen LogP contribution in [0.3, 0.4) is 0 Å². The number of amides is 1. The minimum absolute atomic E-state index is 0.0502. The lowest BCUT2D eigenvalue weighted by Crippen LogP contribution is -2.40. The Labute approximate surface area is 188 Å². The molecule has 0 saturated heterocycles. The fourth-order valence-electron chi connectivity index (χ4n) is 3.17. The second-order valence-electron chi connectivity index (χ2n) is 7.62. The van der Waals surface area contributed by atoms with Crippen LogP contribution in [0.4, 0.5) is 5.69 Å². The van der Waals surface area contributed by atoms with E-state index >= 15 is 0 Å². The zero-order chi connectivity index (χ0) is 23.5. The Hall–Kier alpha value is -4.34. The van der Waals surface area contributed by atoms with Gasteiger partial charge in [0.2, 0.25) is 17.6 Å². The molecule has 4 aromatic rings. The molecule has 10 nitrogen and oxygen atoms in total. The van der Waals surface area contributed by atoms with Crippen LogP contribution in [0, 0.1) is 13.8 Å². The van der Waals surface area contributed by atoms with Crippen molar-refractivity contribution in [1.82, 2.24) is 24.5 Å². The summed E-state index contributed by atoms with van der Waals surface area (Å²) in [4.78, 5) is 41.7. The number of nitrogens with zero attached hydrogens (tertiary/aromatic N) is 5. The van der Waals surface area contributed by atoms with Gasteiger partial charge in [-0.25, -0.2) is 4.79 Å². The highest BCUT2D eigenvalue weighted by atomic mass is 16.5. The third-order valence-corrected chi connectivity index (χ3v) is 5.12. The molecule has 10 heteroatoms. The summed E-state index contributed by atoms with van der Waals surface area (Å²) in [7, 11) is 1.36. The quantitative estimate of drug-likeness (QED) is 0.481. The summed E-state index contributed by atoms with van der Waals surface area (Å²) in [6.45, 7) is 3.83. The second kappa shape index (κ2) is 9.03. The number of carbonyl (C=O) groups is 1. The monoisotopic (exact) mass is 446 g/mol. The third-order valence-electron chi connectivity index (χ3n) is 5.12. The van der Waals surface area contributed by atoms with E-state index in [2.05, 4.69) is 20.6 Å². The molecule has 0 aliphatic heterocycles. The van der Waals surface area contributed by atoms with Crippen LogP contribution in [-0.2, 0) is 18.3 Å². The summed E-state index contributed by atoms with van der Waals surface area (Å²) in [6, 6.07) is 14.6. The van der Waals surface area contributed by atoms with E-state index in [9.17, 15) is 14.4 Å². The third kappa shape index (κ3) is 4.64. The molecule has 168 valence electrons. The normalized spacial score (nSPS) is 10.9. The van der Waals surface area contributed by atoms with Crippen LogP contribution >= 0.6 is 0 Å². The summed E-state index contributed by atoms with van der Waals surface area (Å²) >= 11 is 0. The van der Waals surface area contributed by atoms with Gasteiger partial charge in [0.25, 0.3) is 5.56 Å². The van der Waals surface area contributed by atoms with Crippen molar-refractivity contribution in [2.45, 2.75) is 26.7 Å². The lowest BCUT2D eigenvalue weighted by atomic mass is 10.2. The van der Waals surface area contributed by atoms with Crippen molar-refractivity contribution in [3.05, 3.63) is 86.4 Å². The molecule has 2 aromatic carbocycles. The summed E-state index contributed by atoms with van der Waals surface area (Å²) in [6.07, 6.45) is 0.299. The molecule has 0 aliphatic rings. The second-order valence-corrected chi connectivity index (χ2v) is 7.62. The Morgan fingerprint density at radius 3 is 2.52 bits per heavy atom.